The SMILES string of the molecule is Cn1ncnc1SCC(C)(C)CS. The lowest BCUT2D eigenvalue weighted by Crippen LogP contribution is -2.16. The van der Waals surface area contributed by atoms with E-state index in [-0.39, 0.29) is 5.41 Å². The van der Waals surface area contributed by atoms with Crippen LogP contribution < -0.4 is 0 Å². The summed E-state index contributed by atoms with van der Waals surface area (Å²) in [4.78, 5) is 4.14. The molecule has 1 aromatic rings. The number of rotatable bonds is 4. The summed E-state index contributed by atoms with van der Waals surface area (Å²) < 4.78 is 1.79. The van der Waals surface area contributed by atoms with E-state index in [2.05, 4.69) is 36.6 Å². The van der Waals surface area contributed by atoms with Crippen LogP contribution in [0.25, 0.3) is 0 Å². The maximum absolute atomic E-state index is 4.30. The van der Waals surface area contributed by atoms with Crippen LogP contribution >= 0.6 is 24.4 Å². The number of aromatic nitrogens is 3. The summed E-state index contributed by atoms with van der Waals surface area (Å²) in [5.41, 5.74) is 0.250. The van der Waals surface area contributed by atoms with Crippen molar-refractivity contribution in [1.82, 2.24) is 14.8 Å². The van der Waals surface area contributed by atoms with E-state index in [4.69, 9.17) is 0 Å². The van der Waals surface area contributed by atoms with Gasteiger partial charge in [-0.3, -0.25) is 0 Å². The molecule has 1 rings (SSSR count). The van der Waals surface area contributed by atoms with Crippen molar-refractivity contribution < 1.29 is 0 Å². The van der Waals surface area contributed by atoms with Crippen molar-refractivity contribution in [2.24, 2.45) is 12.5 Å². The van der Waals surface area contributed by atoms with Gasteiger partial charge < -0.3 is 0 Å². The van der Waals surface area contributed by atoms with Gasteiger partial charge in [-0.25, -0.2) is 9.67 Å². The van der Waals surface area contributed by atoms with Crippen LogP contribution in [0.1, 0.15) is 13.8 Å². The Bertz CT molecular complexity index is 270. The zero-order valence-corrected chi connectivity index (χ0v) is 9.90. The third-order valence-corrected chi connectivity index (χ3v) is 4.10. The Hall–Kier alpha value is -0.160. The summed E-state index contributed by atoms with van der Waals surface area (Å²) in [6, 6.07) is 0. The van der Waals surface area contributed by atoms with Crippen LogP contribution in [0.2, 0.25) is 0 Å². The maximum Gasteiger partial charge on any atom is 0.185 e. The van der Waals surface area contributed by atoms with Crippen LogP contribution in [-0.2, 0) is 7.05 Å². The second kappa shape index (κ2) is 4.37. The molecule has 0 fully saturated rings. The number of thiol groups is 1. The zero-order chi connectivity index (χ0) is 9.90. The van der Waals surface area contributed by atoms with Crippen LogP contribution in [-0.4, -0.2) is 26.3 Å². The largest absolute Gasteiger partial charge is 0.244 e. The Morgan fingerprint density at radius 1 is 1.62 bits per heavy atom. The van der Waals surface area contributed by atoms with Gasteiger partial charge in [0.05, 0.1) is 0 Å². The highest BCUT2D eigenvalue weighted by Crippen LogP contribution is 2.26. The van der Waals surface area contributed by atoms with E-state index in [1.807, 2.05) is 7.05 Å². The molecule has 1 aromatic heterocycles. The standard InChI is InChI=1S/C8H15N3S2/c1-8(2,4-12)5-13-7-9-6-10-11(7)3/h6,12H,4-5H2,1-3H3. The summed E-state index contributed by atoms with van der Waals surface area (Å²) >= 11 is 6.03. The Balaban J connectivity index is 2.48. The van der Waals surface area contributed by atoms with Crippen molar-refractivity contribution in [2.75, 3.05) is 11.5 Å². The molecule has 3 nitrogen and oxygen atoms in total. The minimum Gasteiger partial charge on any atom is -0.244 e. The third kappa shape index (κ3) is 3.23. The first-order valence-corrected chi connectivity index (χ1v) is 5.75. The highest BCUT2D eigenvalue weighted by molar-refractivity contribution is 7.99. The van der Waals surface area contributed by atoms with Gasteiger partial charge >= 0.3 is 0 Å². The molecular formula is C8H15N3S2. The highest BCUT2D eigenvalue weighted by Gasteiger charge is 2.17. The van der Waals surface area contributed by atoms with E-state index in [9.17, 15) is 0 Å². The van der Waals surface area contributed by atoms with Crippen LogP contribution in [0.15, 0.2) is 11.5 Å². The average molecular weight is 217 g/mol. The molecule has 0 atom stereocenters. The minimum atomic E-state index is 0.250. The molecule has 0 aliphatic rings. The van der Waals surface area contributed by atoms with Gasteiger partial charge in [-0.1, -0.05) is 25.6 Å². The number of hydrogen-bond acceptors (Lipinski definition) is 4. The molecule has 0 aliphatic heterocycles. The van der Waals surface area contributed by atoms with Crippen molar-refractivity contribution in [1.29, 1.82) is 0 Å². The Morgan fingerprint density at radius 3 is 2.77 bits per heavy atom. The lowest BCUT2D eigenvalue weighted by molar-refractivity contribution is 0.492. The molecule has 0 saturated carbocycles. The van der Waals surface area contributed by atoms with Crippen LogP contribution in [0.3, 0.4) is 0 Å². The first-order valence-electron chi connectivity index (χ1n) is 4.13. The van der Waals surface area contributed by atoms with Gasteiger partial charge in [0.15, 0.2) is 5.16 Å². The van der Waals surface area contributed by atoms with E-state index in [1.54, 1.807) is 22.8 Å². The van der Waals surface area contributed by atoms with Crippen molar-refractivity contribution in [2.45, 2.75) is 19.0 Å². The molecule has 13 heavy (non-hydrogen) atoms. The molecule has 0 radical (unpaired) electrons. The molecule has 0 unspecified atom stereocenters. The first kappa shape index (κ1) is 10.9. The zero-order valence-electron chi connectivity index (χ0n) is 8.19. The predicted octanol–water partition coefficient (Wildman–Crippen LogP) is 1.86. The van der Waals surface area contributed by atoms with Gasteiger partial charge in [-0.2, -0.15) is 17.7 Å². The topological polar surface area (TPSA) is 30.7 Å². The van der Waals surface area contributed by atoms with E-state index < -0.39 is 0 Å². The van der Waals surface area contributed by atoms with E-state index in [0.29, 0.717) is 0 Å². The fourth-order valence-corrected chi connectivity index (χ4v) is 1.96. The first-order chi connectivity index (χ1) is 6.05. The van der Waals surface area contributed by atoms with Gasteiger partial charge in [-0.15, -0.1) is 0 Å². The molecule has 0 spiro atoms. The quantitative estimate of drug-likeness (QED) is 0.617. The molecule has 0 amide bonds. The number of thioether (sulfide) groups is 1. The van der Waals surface area contributed by atoms with Gasteiger partial charge in [0.2, 0.25) is 0 Å². The number of hydrogen-bond donors (Lipinski definition) is 1. The number of aryl methyl sites for hydroxylation is 1. The molecule has 0 bridgehead atoms. The van der Waals surface area contributed by atoms with Crippen LogP contribution in [0.5, 0.6) is 0 Å². The van der Waals surface area contributed by atoms with Crippen molar-refractivity contribution in [3.05, 3.63) is 6.33 Å². The maximum atomic E-state index is 4.30. The Kier molecular flexibility index (Phi) is 3.67. The van der Waals surface area contributed by atoms with Gasteiger partial charge in [0, 0.05) is 12.8 Å². The molecule has 0 aromatic carbocycles. The summed E-state index contributed by atoms with van der Waals surface area (Å²) in [7, 11) is 1.91. The molecular weight excluding hydrogens is 202 g/mol. The van der Waals surface area contributed by atoms with Crippen molar-refractivity contribution >= 4 is 24.4 Å². The Morgan fingerprint density at radius 2 is 2.31 bits per heavy atom. The monoisotopic (exact) mass is 217 g/mol. The van der Waals surface area contributed by atoms with Crippen LogP contribution in [0.4, 0.5) is 0 Å². The van der Waals surface area contributed by atoms with Gasteiger partial charge in [-0.05, 0) is 11.2 Å². The Labute approximate surface area is 88.7 Å². The van der Waals surface area contributed by atoms with E-state index >= 15 is 0 Å². The smallest absolute Gasteiger partial charge is 0.185 e. The minimum absolute atomic E-state index is 0.250. The summed E-state index contributed by atoms with van der Waals surface area (Å²) in [6.45, 7) is 4.40. The molecule has 0 aliphatic carbocycles. The molecule has 0 N–H and O–H groups in total. The molecule has 0 saturated heterocycles. The molecule has 5 heteroatoms. The van der Waals surface area contributed by atoms with Gasteiger partial charge in [0.25, 0.3) is 0 Å². The second-order valence-corrected chi connectivity index (χ2v) is 5.04. The fourth-order valence-electron chi connectivity index (χ4n) is 0.722. The summed E-state index contributed by atoms with van der Waals surface area (Å²) in [5.74, 6) is 1.90. The third-order valence-electron chi connectivity index (χ3n) is 1.69. The van der Waals surface area contributed by atoms with Crippen molar-refractivity contribution in [3.8, 4) is 0 Å². The van der Waals surface area contributed by atoms with E-state index in [1.165, 1.54) is 0 Å². The lowest BCUT2D eigenvalue weighted by atomic mass is 10.0. The van der Waals surface area contributed by atoms with Crippen molar-refractivity contribution in [3.63, 3.8) is 0 Å². The lowest BCUT2D eigenvalue weighted by Gasteiger charge is -2.20. The van der Waals surface area contributed by atoms with E-state index in [0.717, 1.165) is 16.7 Å². The summed E-state index contributed by atoms with van der Waals surface area (Å²) in [6.07, 6.45) is 1.58. The summed E-state index contributed by atoms with van der Waals surface area (Å²) in [5, 5.41) is 4.98. The fraction of sp³-hybridized carbons (Fsp3) is 0.750. The average Bonchev–Trinajstić information content (AvgIpc) is 2.48. The second-order valence-electron chi connectivity index (χ2n) is 3.78. The van der Waals surface area contributed by atoms with Gasteiger partial charge in [0.1, 0.15) is 6.33 Å². The molecule has 1 heterocycles. The molecule has 74 valence electrons. The normalized spacial score (nSPS) is 12.0. The number of nitrogens with zero attached hydrogens (tertiary/aromatic N) is 3. The predicted molar refractivity (Wildman–Crippen MR) is 59.4 cm³/mol. The highest BCUT2D eigenvalue weighted by atomic mass is 32.2. The van der Waals surface area contributed by atoms with Crippen LogP contribution in [0, 0.1) is 5.41 Å².